The van der Waals surface area contributed by atoms with Gasteiger partial charge in [-0.15, -0.1) is 0 Å². The van der Waals surface area contributed by atoms with Crippen LogP contribution in [0.4, 0.5) is 0 Å². The third kappa shape index (κ3) is 4.45. The lowest BCUT2D eigenvalue weighted by Gasteiger charge is -2.39. The SMILES string of the molecule is CC(C)OCC(=O)N1CCC(C2CCN(C)CC2)CC1. The molecule has 0 aromatic heterocycles. The Bertz CT molecular complexity index is 304. The van der Waals surface area contributed by atoms with Crippen LogP contribution in [-0.2, 0) is 9.53 Å². The van der Waals surface area contributed by atoms with Gasteiger partial charge in [0, 0.05) is 13.1 Å². The number of carbonyl (C=O) groups excluding carboxylic acids is 1. The summed E-state index contributed by atoms with van der Waals surface area (Å²) < 4.78 is 5.42. The summed E-state index contributed by atoms with van der Waals surface area (Å²) in [6, 6.07) is 0. The number of hydrogen-bond donors (Lipinski definition) is 0. The lowest BCUT2D eigenvalue weighted by molar-refractivity contribution is -0.139. The number of carbonyl (C=O) groups is 1. The summed E-state index contributed by atoms with van der Waals surface area (Å²) in [6.45, 7) is 8.53. The maximum atomic E-state index is 12.0. The van der Waals surface area contributed by atoms with Crippen molar-refractivity contribution in [2.75, 3.05) is 39.8 Å². The van der Waals surface area contributed by atoms with Gasteiger partial charge >= 0.3 is 0 Å². The zero-order chi connectivity index (χ0) is 14.5. The van der Waals surface area contributed by atoms with Gasteiger partial charge in [-0.1, -0.05) is 0 Å². The predicted octanol–water partition coefficient (Wildman–Crippen LogP) is 1.99. The zero-order valence-corrected chi connectivity index (χ0v) is 13.3. The van der Waals surface area contributed by atoms with Crippen LogP contribution in [0.25, 0.3) is 0 Å². The molecule has 0 aromatic carbocycles. The van der Waals surface area contributed by atoms with Crippen molar-refractivity contribution in [2.45, 2.75) is 45.6 Å². The van der Waals surface area contributed by atoms with Gasteiger partial charge in [0.25, 0.3) is 0 Å². The molecule has 2 saturated heterocycles. The molecule has 0 radical (unpaired) electrons. The highest BCUT2D eigenvalue weighted by atomic mass is 16.5. The van der Waals surface area contributed by atoms with E-state index in [0.717, 1.165) is 24.9 Å². The number of ether oxygens (including phenoxy) is 1. The molecule has 0 aromatic rings. The highest BCUT2D eigenvalue weighted by molar-refractivity contribution is 5.77. The first-order valence-electron chi connectivity index (χ1n) is 8.14. The van der Waals surface area contributed by atoms with Gasteiger partial charge in [-0.3, -0.25) is 4.79 Å². The molecule has 4 heteroatoms. The minimum Gasteiger partial charge on any atom is -0.369 e. The molecule has 0 spiro atoms. The van der Waals surface area contributed by atoms with Crippen molar-refractivity contribution in [3.8, 4) is 0 Å². The van der Waals surface area contributed by atoms with Crippen LogP contribution >= 0.6 is 0 Å². The topological polar surface area (TPSA) is 32.8 Å². The van der Waals surface area contributed by atoms with Crippen LogP contribution in [0.15, 0.2) is 0 Å². The Labute approximate surface area is 123 Å². The van der Waals surface area contributed by atoms with E-state index in [4.69, 9.17) is 4.74 Å². The maximum absolute atomic E-state index is 12.0. The summed E-state index contributed by atoms with van der Waals surface area (Å²) in [5.74, 6) is 1.88. The second-order valence-electron chi connectivity index (χ2n) is 6.72. The van der Waals surface area contributed by atoms with Crippen LogP contribution in [0, 0.1) is 11.8 Å². The Kier molecular flexibility index (Phi) is 5.85. The number of likely N-dealkylation sites (tertiary alicyclic amines) is 2. The molecule has 116 valence electrons. The lowest BCUT2D eigenvalue weighted by atomic mass is 9.79. The van der Waals surface area contributed by atoms with Gasteiger partial charge in [0.15, 0.2) is 0 Å². The van der Waals surface area contributed by atoms with Crippen LogP contribution < -0.4 is 0 Å². The fourth-order valence-corrected chi connectivity index (χ4v) is 3.45. The van der Waals surface area contributed by atoms with Crippen molar-refractivity contribution >= 4 is 5.91 Å². The molecule has 20 heavy (non-hydrogen) atoms. The van der Waals surface area contributed by atoms with Gasteiger partial charge in [0.1, 0.15) is 6.61 Å². The van der Waals surface area contributed by atoms with Gasteiger partial charge in [-0.25, -0.2) is 0 Å². The Morgan fingerprint density at radius 1 is 1.05 bits per heavy atom. The van der Waals surface area contributed by atoms with Crippen LogP contribution in [0.5, 0.6) is 0 Å². The van der Waals surface area contributed by atoms with Gasteiger partial charge in [-0.05, 0) is 71.5 Å². The molecule has 2 rings (SSSR count). The van der Waals surface area contributed by atoms with Crippen molar-refractivity contribution in [1.82, 2.24) is 9.80 Å². The summed E-state index contributed by atoms with van der Waals surface area (Å²) in [7, 11) is 2.21. The van der Waals surface area contributed by atoms with Crippen LogP contribution in [-0.4, -0.2) is 61.6 Å². The summed E-state index contributed by atoms with van der Waals surface area (Å²) in [6.07, 6.45) is 5.18. The summed E-state index contributed by atoms with van der Waals surface area (Å²) in [5.41, 5.74) is 0. The van der Waals surface area contributed by atoms with E-state index < -0.39 is 0 Å². The van der Waals surface area contributed by atoms with Crippen LogP contribution in [0.2, 0.25) is 0 Å². The summed E-state index contributed by atoms with van der Waals surface area (Å²) >= 11 is 0. The standard InChI is InChI=1S/C16H30N2O2/c1-13(2)20-12-16(19)18-10-6-15(7-11-18)14-4-8-17(3)9-5-14/h13-15H,4-12H2,1-3H3. The number of piperidine rings is 2. The molecule has 4 nitrogen and oxygen atoms in total. The van der Waals surface area contributed by atoms with E-state index in [2.05, 4.69) is 11.9 Å². The van der Waals surface area contributed by atoms with E-state index in [1.54, 1.807) is 0 Å². The fourth-order valence-electron chi connectivity index (χ4n) is 3.45. The largest absolute Gasteiger partial charge is 0.369 e. The maximum Gasteiger partial charge on any atom is 0.248 e. The van der Waals surface area contributed by atoms with Crippen molar-refractivity contribution in [1.29, 1.82) is 0 Å². The molecule has 0 bridgehead atoms. The molecule has 1 amide bonds. The third-order valence-corrected chi connectivity index (χ3v) is 4.86. The first kappa shape index (κ1) is 15.8. The molecule has 2 aliphatic rings. The van der Waals surface area contributed by atoms with Crippen LogP contribution in [0.1, 0.15) is 39.5 Å². The Hall–Kier alpha value is -0.610. The van der Waals surface area contributed by atoms with Crippen molar-refractivity contribution in [3.05, 3.63) is 0 Å². The molecule has 2 aliphatic heterocycles. The Morgan fingerprint density at radius 3 is 2.05 bits per heavy atom. The number of amides is 1. The predicted molar refractivity (Wildman–Crippen MR) is 80.6 cm³/mol. The normalized spacial score (nSPS) is 23.5. The van der Waals surface area contributed by atoms with Gasteiger partial charge in [0.2, 0.25) is 5.91 Å². The highest BCUT2D eigenvalue weighted by Gasteiger charge is 2.30. The first-order valence-corrected chi connectivity index (χ1v) is 8.14. The van der Waals surface area contributed by atoms with E-state index in [9.17, 15) is 4.79 Å². The zero-order valence-electron chi connectivity index (χ0n) is 13.3. The number of nitrogens with zero attached hydrogens (tertiary/aromatic N) is 2. The molecule has 0 atom stereocenters. The smallest absolute Gasteiger partial charge is 0.248 e. The third-order valence-electron chi connectivity index (χ3n) is 4.86. The van der Waals surface area contributed by atoms with E-state index >= 15 is 0 Å². The van der Waals surface area contributed by atoms with Gasteiger partial charge < -0.3 is 14.5 Å². The van der Waals surface area contributed by atoms with E-state index in [1.807, 2.05) is 18.7 Å². The second kappa shape index (κ2) is 7.41. The number of hydrogen-bond acceptors (Lipinski definition) is 3. The first-order chi connectivity index (χ1) is 9.56. The number of rotatable bonds is 4. The highest BCUT2D eigenvalue weighted by Crippen LogP contribution is 2.32. The molecule has 2 heterocycles. The molecule has 0 unspecified atom stereocenters. The average Bonchev–Trinajstić information content (AvgIpc) is 2.46. The molecular formula is C16H30N2O2. The van der Waals surface area contributed by atoms with Crippen LogP contribution in [0.3, 0.4) is 0 Å². The minimum atomic E-state index is 0.135. The Morgan fingerprint density at radius 2 is 1.55 bits per heavy atom. The minimum absolute atomic E-state index is 0.135. The van der Waals surface area contributed by atoms with Gasteiger partial charge in [-0.2, -0.15) is 0 Å². The average molecular weight is 282 g/mol. The quantitative estimate of drug-likeness (QED) is 0.790. The fraction of sp³-hybridized carbons (Fsp3) is 0.938. The molecule has 0 saturated carbocycles. The summed E-state index contributed by atoms with van der Waals surface area (Å²) in [5, 5.41) is 0. The van der Waals surface area contributed by atoms with Crippen molar-refractivity contribution < 1.29 is 9.53 Å². The van der Waals surface area contributed by atoms with Crippen molar-refractivity contribution in [3.63, 3.8) is 0 Å². The van der Waals surface area contributed by atoms with E-state index in [1.165, 1.54) is 38.8 Å². The molecular weight excluding hydrogens is 252 g/mol. The monoisotopic (exact) mass is 282 g/mol. The summed E-state index contributed by atoms with van der Waals surface area (Å²) in [4.78, 5) is 16.4. The molecule has 2 fully saturated rings. The van der Waals surface area contributed by atoms with Gasteiger partial charge in [0.05, 0.1) is 6.10 Å². The second-order valence-corrected chi connectivity index (χ2v) is 6.72. The molecule has 0 aliphatic carbocycles. The van der Waals surface area contributed by atoms with E-state index in [-0.39, 0.29) is 18.6 Å². The lowest BCUT2D eigenvalue weighted by Crippen LogP contribution is -2.43. The Balaban J connectivity index is 1.70. The van der Waals surface area contributed by atoms with Crippen molar-refractivity contribution in [2.24, 2.45) is 11.8 Å². The molecule has 0 N–H and O–H groups in total. The van der Waals surface area contributed by atoms with E-state index in [0.29, 0.717) is 0 Å².